The van der Waals surface area contributed by atoms with Gasteiger partial charge < -0.3 is 18.9 Å². The highest BCUT2D eigenvalue weighted by molar-refractivity contribution is 5.67. The van der Waals surface area contributed by atoms with Gasteiger partial charge in [-0.25, -0.2) is 0 Å². The van der Waals surface area contributed by atoms with Crippen molar-refractivity contribution in [2.24, 2.45) is 51.2 Å². The number of esters is 2. The molecule has 0 bridgehead atoms. The van der Waals surface area contributed by atoms with E-state index in [0.29, 0.717) is 18.4 Å². The van der Waals surface area contributed by atoms with Crippen LogP contribution >= 0.6 is 0 Å². The Morgan fingerprint density at radius 2 is 1.84 bits per heavy atom. The van der Waals surface area contributed by atoms with Crippen LogP contribution in [0.4, 0.5) is 0 Å². The molecular formula is C36H53NO7. The van der Waals surface area contributed by atoms with Crippen LogP contribution in [0.5, 0.6) is 0 Å². The highest BCUT2D eigenvalue weighted by Crippen LogP contribution is 2.87. The molecule has 1 aliphatic heterocycles. The molecule has 5 fully saturated rings. The van der Waals surface area contributed by atoms with Gasteiger partial charge in [-0.15, -0.1) is 0 Å². The first-order valence-electron chi connectivity index (χ1n) is 16.6. The number of nitrogens with one attached hydrogen (secondary N) is 1. The molecule has 44 heavy (non-hydrogen) atoms. The summed E-state index contributed by atoms with van der Waals surface area (Å²) >= 11 is 0. The number of hydrogen-bond acceptors (Lipinski definition) is 8. The standard InChI is InChI=1S/C36H53NO7/c1-20-18-42-36(40-9,23(20)4)31(44-25(6)39)22(3)30-28(43-24(5)38)17-33(8)29-12-11-26-21(2)27(37-41-10)13-14-34(26)19-35(29,34)16-15-32(30,33)7/h13-14,20,22,26,28-31,37H,4,11-12,15-19H2,1-3,5-10H3/t20?,22-,26-,28-,29-,30-,31+,32+,33-,34+,35-,36?/m0/s1. The number of carbonyl (C=O) groups is 2. The number of rotatable bonds is 8. The van der Waals surface area contributed by atoms with Gasteiger partial charge in [0.05, 0.1) is 19.4 Å². The van der Waals surface area contributed by atoms with Crippen molar-refractivity contribution < 1.29 is 33.4 Å². The lowest BCUT2D eigenvalue weighted by Crippen LogP contribution is -2.58. The maximum atomic E-state index is 12.7. The Bertz CT molecular complexity index is 1310. The minimum atomic E-state index is -1.25. The molecule has 8 heteroatoms. The Balaban J connectivity index is 1.39. The average molecular weight is 612 g/mol. The topological polar surface area (TPSA) is 92.3 Å². The number of carbonyl (C=O) groups excluding carboxylic acids is 2. The van der Waals surface area contributed by atoms with Crippen molar-refractivity contribution in [3.63, 3.8) is 0 Å². The smallest absolute Gasteiger partial charge is 0.303 e. The zero-order chi connectivity index (χ0) is 32.0. The highest BCUT2D eigenvalue weighted by atomic mass is 16.7. The zero-order valence-electron chi connectivity index (χ0n) is 28.2. The Labute approximate surface area is 263 Å². The van der Waals surface area contributed by atoms with Crippen molar-refractivity contribution in [1.29, 1.82) is 0 Å². The van der Waals surface area contributed by atoms with Crippen molar-refractivity contribution in [2.75, 3.05) is 20.8 Å². The molecule has 0 amide bonds. The quantitative estimate of drug-likeness (QED) is 0.195. The fourth-order valence-corrected chi connectivity index (χ4v) is 12.0. The number of hydrogen-bond donors (Lipinski definition) is 1. The van der Waals surface area contributed by atoms with E-state index >= 15 is 0 Å². The summed E-state index contributed by atoms with van der Waals surface area (Å²) in [6, 6.07) is 0. The van der Waals surface area contributed by atoms with E-state index in [0.717, 1.165) is 43.4 Å². The third kappa shape index (κ3) is 3.98. The number of methoxy groups -OCH3 is 1. The largest absolute Gasteiger partial charge is 0.462 e. The molecule has 1 heterocycles. The van der Waals surface area contributed by atoms with Crippen LogP contribution < -0.4 is 5.48 Å². The monoisotopic (exact) mass is 611 g/mol. The lowest BCUT2D eigenvalue weighted by atomic mass is 9.43. The second kappa shape index (κ2) is 10.4. The Hall–Kier alpha value is -2.16. The Kier molecular flexibility index (Phi) is 7.54. The first kappa shape index (κ1) is 31.8. The minimum Gasteiger partial charge on any atom is -0.462 e. The molecule has 6 aliphatic rings. The molecule has 4 saturated carbocycles. The maximum absolute atomic E-state index is 12.7. The van der Waals surface area contributed by atoms with Crippen LogP contribution in [0.25, 0.3) is 0 Å². The highest BCUT2D eigenvalue weighted by Gasteiger charge is 2.81. The summed E-state index contributed by atoms with van der Waals surface area (Å²) in [6.45, 7) is 19.1. The average Bonchev–Trinajstić information content (AvgIpc) is 3.46. The fourth-order valence-electron chi connectivity index (χ4n) is 12.0. The minimum absolute atomic E-state index is 0.0605. The Morgan fingerprint density at radius 1 is 1.11 bits per heavy atom. The number of allylic oxidation sites excluding steroid dienone is 3. The zero-order valence-corrected chi connectivity index (χ0v) is 28.2. The number of hydroxylamine groups is 1. The SMILES string of the molecule is C=C1C(C)COC1(OC)[C@H](OC(C)=O)[C@@H](C)[C@H]1[C@@H](OC(C)=O)C[C@@]2(C)[C@@H]3CC[C@H]4C(C)=C(NOC)C=C[C@@]45C[C@@]35CC[C@]12C. The molecule has 1 N–H and O–H groups in total. The van der Waals surface area contributed by atoms with Crippen molar-refractivity contribution >= 4 is 11.9 Å². The van der Waals surface area contributed by atoms with Crippen LogP contribution in [0.3, 0.4) is 0 Å². The van der Waals surface area contributed by atoms with Gasteiger partial charge in [-0.3, -0.25) is 19.9 Å². The van der Waals surface area contributed by atoms with E-state index in [1.807, 2.05) is 0 Å². The summed E-state index contributed by atoms with van der Waals surface area (Å²) < 4.78 is 24.9. The molecule has 0 radical (unpaired) electrons. The van der Waals surface area contributed by atoms with Crippen LogP contribution in [0.15, 0.2) is 35.6 Å². The van der Waals surface area contributed by atoms with Gasteiger partial charge in [0.1, 0.15) is 6.10 Å². The van der Waals surface area contributed by atoms with Gasteiger partial charge in [-0.2, -0.15) is 0 Å². The molecule has 1 saturated heterocycles. The second-order valence-corrected chi connectivity index (χ2v) is 15.5. The molecule has 2 unspecified atom stereocenters. The first-order chi connectivity index (χ1) is 20.7. The summed E-state index contributed by atoms with van der Waals surface area (Å²) in [6.07, 6.45) is 10.1. The number of ether oxygens (including phenoxy) is 4. The van der Waals surface area contributed by atoms with Crippen molar-refractivity contribution in [2.45, 2.75) is 105 Å². The summed E-state index contributed by atoms with van der Waals surface area (Å²) in [7, 11) is 3.27. The van der Waals surface area contributed by atoms with E-state index in [9.17, 15) is 9.59 Å². The molecule has 12 atom stereocenters. The predicted molar refractivity (Wildman–Crippen MR) is 166 cm³/mol. The lowest BCUT2D eigenvalue weighted by Gasteiger charge is -2.61. The van der Waals surface area contributed by atoms with Gasteiger partial charge in [-0.05, 0) is 90.8 Å². The van der Waals surface area contributed by atoms with Gasteiger partial charge in [0, 0.05) is 44.1 Å². The molecule has 244 valence electrons. The number of fused-ring (bicyclic) bond motifs is 2. The van der Waals surface area contributed by atoms with Crippen LogP contribution in [0.2, 0.25) is 0 Å². The van der Waals surface area contributed by atoms with E-state index in [2.05, 4.69) is 58.8 Å². The van der Waals surface area contributed by atoms with Gasteiger partial charge in [0.15, 0.2) is 6.10 Å². The van der Waals surface area contributed by atoms with E-state index in [1.165, 1.54) is 25.8 Å². The first-order valence-corrected chi connectivity index (χ1v) is 16.6. The van der Waals surface area contributed by atoms with E-state index in [1.54, 1.807) is 14.2 Å². The summed E-state index contributed by atoms with van der Waals surface area (Å²) in [5.41, 5.74) is 6.56. The fraction of sp³-hybridized carbons (Fsp3) is 0.778. The van der Waals surface area contributed by atoms with Gasteiger partial charge in [0.2, 0.25) is 5.79 Å². The molecule has 6 rings (SSSR count). The van der Waals surface area contributed by atoms with Crippen molar-refractivity contribution in [3.8, 4) is 0 Å². The van der Waals surface area contributed by atoms with Crippen molar-refractivity contribution in [1.82, 2.24) is 5.48 Å². The molecule has 0 aromatic carbocycles. The van der Waals surface area contributed by atoms with E-state index in [4.69, 9.17) is 23.8 Å². The summed E-state index contributed by atoms with van der Waals surface area (Å²) in [4.78, 5) is 30.6. The van der Waals surface area contributed by atoms with Crippen LogP contribution in [0, 0.1) is 51.2 Å². The molecular weight excluding hydrogens is 558 g/mol. The predicted octanol–water partition coefficient (Wildman–Crippen LogP) is 6.27. The third-order valence-electron chi connectivity index (χ3n) is 14.0. The van der Waals surface area contributed by atoms with E-state index < -0.39 is 11.9 Å². The van der Waals surface area contributed by atoms with Crippen LogP contribution in [-0.4, -0.2) is 50.8 Å². The van der Waals surface area contributed by atoms with Crippen molar-refractivity contribution in [3.05, 3.63) is 35.6 Å². The maximum Gasteiger partial charge on any atom is 0.303 e. The molecule has 0 aromatic rings. The van der Waals surface area contributed by atoms with Gasteiger partial charge >= 0.3 is 11.9 Å². The Morgan fingerprint density at radius 3 is 2.43 bits per heavy atom. The third-order valence-corrected chi connectivity index (χ3v) is 14.0. The van der Waals surface area contributed by atoms with Gasteiger partial charge in [-0.1, -0.05) is 40.3 Å². The van der Waals surface area contributed by atoms with E-state index in [-0.39, 0.29) is 57.5 Å². The van der Waals surface area contributed by atoms with Crippen LogP contribution in [-0.2, 0) is 33.4 Å². The normalized spacial score (nSPS) is 46.8. The second-order valence-electron chi connectivity index (χ2n) is 15.5. The molecule has 5 aliphatic carbocycles. The summed E-state index contributed by atoms with van der Waals surface area (Å²) in [5.74, 6) is -1.13. The summed E-state index contributed by atoms with van der Waals surface area (Å²) in [5, 5.41) is 0. The van der Waals surface area contributed by atoms with Gasteiger partial charge in [0.25, 0.3) is 0 Å². The molecule has 0 aromatic heterocycles. The molecule has 8 nitrogen and oxygen atoms in total. The van der Waals surface area contributed by atoms with Crippen LogP contribution in [0.1, 0.15) is 87.0 Å². The lowest BCUT2D eigenvalue weighted by molar-refractivity contribution is -0.256. The molecule has 2 spiro atoms.